The van der Waals surface area contributed by atoms with Gasteiger partial charge in [0.2, 0.25) is 0 Å². The van der Waals surface area contributed by atoms with Gasteiger partial charge in [0.1, 0.15) is 0 Å². The monoisotopic (exact) mass is 274 g/mol. The van der Waals surface area contributed by atoms with Crippen LogP contribution in [0.2, 0.25) is 0 Å². The number of hydrogen-bond acceptors (Lipinski definition) is 2. The topological polar surface area (TPSA) is 32.3 Å². The first kappa shape index (κ1) is 15.0. The van der Waals surface area contributed by atoms with Gasteiger partial charge in [-0.05, 0) is 50.8 Å². The fraction of sp³-hybridized carbons (Fsp3) is 0.588. The number of amides is 1. The molecule has 20 heavy (non-hydrogen) atoms. The third-order valence-electron chi connectivity index (χ3n) is 4.04. The Labute approximate surface area is 122 Å². The number of aryl methyl sites for hydroxylation is 1. The van der Waals surface area contributed by atoms with Gasteiger partial charge in [-0.3, -0.25) is 4.79 Å². The molecule has 2 rings (SSSR count). The quantitative estimate of drug-likeness (QED) is 0.915. The smallest absolute Gasteiger partial charge is 0.251 e. The van der Waals surface area contributed by atoms with Gasteiger partial charge in [0.15, 0.2) is 0 Å². The number of carbonyl (C=O) groups is 1. The average Bonchev–Trinajstić information content (AvgIpc) is 2.38. The van der Waals surface area contributed by atoms with Crippen LogP contribution in [-0.4, -0.2) is 36.5 Å². The zero-order valence-corrected chi connectivity index (χ0v) is 12.9. The molecule has 0 bridgehead atoms. The van der Waals surface area contributed by atoms with Gasteiger partial charge in [-0.25, -0.2) is 0 Å². The number of nitrogens with zero attached hydrogens (tertiary/aromatic N) is 1. The molecule has 1 aromatic carbocycles. The van der Waals surface area contributed by atoms with Crippen molar-refractivity contribution in [3.05, 3.63) is 35.4 Å². The zero-order chi connectivity index (χ0) is 14.5. The van der Waals surface area contributed by atoms with Crippen LogP contribution in [-0.2, 0) is 0 Å². The highest BCUT2D eigenvalue weighted by atomic mass is 16.1. The number of likely N-dealkylation sites (tertiary alicyclic amines) is 1. The Kier molecular flexibility index (Phi) is 5.18. The molecule has 1 amide bonds. The van der Waals surface area contributed by atoms with E-state index in [-0.39, 0.29) is 11.9 Å². The Hall–Kier alpha value is -1.35. The summed E-state index contributed by atoms with van der Waals surface area (Å²) in [5.41, 5.74) is 1.81. The fourth-order valence-corrected chi connectivity index (χ4v) is 3.01. The van der Waals surface area contributed by atoms with E-state index < -0.39 is 0 Å². The predicted octanol–water partition coefficient (Wildman–Crippen LogP) is 2.85. The van der Waals surface area contributed by atoms with Gasteiger partial charge in [0.25, 0.3) is 5.91 Å². The van der Waals surface area contributed by atoms with Crippen LogP contribution in [0.25, 0.3) is 0 Å². The van der Waals surface area contributed by atoms with Crippen molar-refractivity contribution in [2.45, 2.75) is 39.7 Å². The molecule has 1 heterocycles. The van der Waals surface area contributed by atoms with Crippen LogP contribution in [0.15, 0.2) is 24.3 Å². The van der Waals surface area contributed by atoms with E-state index in [2.05, 4.69) is 24.1 Å². The molecule has 1 aliphatic rings. The first-order valence-electron chi connectivity index (χ1n) is 7.65. The summed E-state index contributed by atoms with van der Waals surface area (Å²) < 4.78 is 0. The van der Waals surface area contributed by atoms with Gasteiger partial charge in [-0.1, -0.05) is 25.1 Å². The lowest BCUT2D eigenvalue weighted by atomic mass is 10.00. The number of carbonyl (C=O) groups excluding carboxylic acids is 1. The van der Waals surface area contributed by atoms with Crippen LogP contribution in [0.3, 0.4) is 0 Å². The van der Waals surface area contributed by atoms with Crippen molar-refractivity contribution in [2.24, 2.45) is 5.92 Å². The summed E-state index contributed by atoms with van der Waals surface area (Å²) in [5, 5.41) is 3.12. The average molecular weight is 274 g/mol. The molecule has 0 spiro atoms. The molecule has 1 N–H and O–H groups in total. The summed E-state index contributed by atoms with van der Waals surface area (Å²) in [6.07, 6.45) is 2.61. The van der Waals surface area contributed by atoms with Crippen molar-refractivity contribution in [3.63, 3.8) is 0 Å². The first-order valence-corrected chi connectivity index (χ1v) is 7.65. The van der Waals surface area contributed by atoms with Gasteiger partial charge in [0.05, 0.1) is 0 Å². The summed E-state index contributed by atoms with van der Waals surface area (Å²) in [7, 11) is 0. The number of nitrogens with one attached hydrogen (secondary N) is 1. The minimum atomic E-state index is 0.0423. The van der Waals surface area contributed by atoms with Crippen LogP contribution in [0.4, 0.5) is 0 Å². The number of hydrogen-bond donors (Lipinski definition) is 1. The maximum Gasteiger partial charge on any atom is 0.251 e. The van der Waals surface area contributed by atoms with E-state index in [1.807, 2.05) is 31.2 Å². The third kappa shape index (κ3) is 4.07. The second-order valence-corrected chi connectivity index (χ2v) is 6.20. The van der Waals surface area contributed by atoms with Crippen molar-refractivity contribution < 1.29 is 4.79 Å². The molecule has 1 saturated heterocycles. The number of piperidine rings is 1. The van der Waals surface area contributed by atoms with E-state index in [0.717, 1.165) is 36.7 Å². The summed E-state index contributed by atoms with van der Waals surface area (Å²) in [6, 6.07) is 7.93. The number of benzene rings is 1. The molecule has 1 aromatic rings. The van der Waals surface area contributed by atoms with Crippen LogP contribution in [0, 0.1) is 12.8 Å². The maximum absolute atomic E-state index is 12.3. The highest BCUT2D eigenvalue weighted by Crippen LogP contribution is 2.15. The molecule has 110 valence electrons. The maximum atomic E-state index is 12.3. The van der Waals surface area contributed by atoms with Crippen molar-refractivity contribution in [3.8, 4) is 0 Å². The predicted molar refractivity (Wildman–Crippen MR) is 82.9 cm³/mol. The molecular weight excluding hydrogens is 248 g/mol. The largest absolute Gasteiger partial charge is 0.348 e. The summed E-state index contributed by atoms with van der Waals surface area (Å²) in [5.74, 6) is 0.823. The molecule has 0 saturated carbocycles. The van der Waals surface area contributed by atoms with Crippen LogP contribution >= 0.6 is 0 Å². The van der Waals surface area contributed by atoms with E-state index in [1.54, 1.807) is 0 Å². The molecule has 1 fully saturated rings. The van der Waals surface area contributed by atoms with Gasteiger partial charge in [0, 0.05) is 24.7 Å². The second-order valence-electron chi connectivity index (χ2n) is 6.20. The fourth-order valence-electron chi connectivity index (χ4n) is 3.01. The van der Waals surface area contributed by atoms with Crippen molar-refractivity contribution in [1.29, 1.82) is 0 Å². The Morgan fingerprint density at radius 2 is 2.20 bits per heavy atom. The van der Waals surface area contributed by atoms with E-state index >= 15 is 0 Å². The molecule has 0 unspecified atom stereocenters. The lowest BCUT2D eigenvalue weighted by Gasteiger charge is -2.32. The molecule has 0 radical (unpaired) electrons. The minimum absolute atomic E-state index is 0.0423. The highest BCUT2D eigenvalue weighted by molar-refractivity contribution is 5.95. The van der Waals surface area contributed by atoms with Gasteiger partial charge in [-0.15, -0.1) is 0 Å². The first-order chi connectivity index (χ1) is 9.56. The Bertz CT molecular complexity index is 458. The highest BCUT2D eigenvalue weighted by Gasteiger charge is 2.19. The zero-order valence-electron chi connectivity index (χ0n) is 12.9. The van der Waals surface area contributed by atoms with Crippen molar-refractivity contribution in [2.75, 3.05) is 19.6 Å². The number of rotatable bonds is 4. The lowest BCUT2D eigenvalue weighted by molar-refractivity contribution is 0.0919. The minimum Gasteiger partial charge on any atom is -0.348 e. The van der Waals surface area contributed by atoms with Gasteiger partial charge >= 0.3 is 0 Å². The summed E-state index contributed by atoms with van der Waals surface area (Å²) >= 11 is 0. The van der Waals surface area contributed by atoms with E-state index in [0.29, 0.717) is 0 Å². The summed E-state index contributed by atoms with van der Waals surface area (Å²) in [6.45, 7) is 9.64. The molecule has 1 aliphatic heterocycles. The molecule has 3 heteroatoms. The molecule has 3 nitrogen and oxygen atoms in total. The van der Waals surface area contributed by atoms with Crippen molar-refractivity contribution >= 4 is 5.91 Å². The third-order valence-corrected chi connectivity index (χ3v) is 4.04. The molecule has 2 atom stereocenters. The second kappa shape index (κ2) is 6.89. The molecule has 0 aromatic heterocycles. The van der Waals surface area contributed by atoms with Crippen molar-refractivity contribution in [1.82, 2.24) is 10.2 Å². The Balaban J connectivity index is 1.86. The van der Waals surface area contributed by atoms with E-state index in [4.69, 9.17) is 0 Å². The van der Waals surface area contributed by atoms with E-state index in [1.165, 1.54) is 12.8 Å². The molecule has 0 aliphatic carbocycles. The lowest BCUT2D eigenvalue weighted by Crippen LogP contribution is -2.45. The molecular formula is C17H26N2O. The Morgan fingerprint density at radius 3 is 2.90 bits per heavy atom. The summed E-state index contributed by atoms with van der Waals surface area (Å²) in [4.78, 5) is 14.7. The standard InChI is InChI=1S/C17H26N2O/c1-13-7-6-10-19(11-13)12-15(3)18-17(20)16-9-5-4-8-14(16)2/h4-5,8-9,13,15H,6-7,10-12H2,1-3H3,(H,18,20)/t13-,15-/m0/s1. The van der Waals surface area contributed by atoms with E-state index in [9.17, 15) is 4.79 Å². The van der Waals surface area contributed by atoms with Crippen LogP contribution < -0.4 is 5.32 Å². The Morgan fingerprint density at radius 1 is 1.45 bits per heavy atom. The van der Waals surface area contributed by atoms with Gasteiger partial charge < -0.3 is 10.2 Å². The van der Waals surface area contributed by atoms with Gasteiger partial charge in [-0.2, -0.15) is 0 Å². The van der Waals surface area contributed by atoms with Crippen LogP contribution in [0.1, 0.15) is 42.6 Å². The normalized spacial score (nSPS) is 21.4. The SMILES string of the molecule is Cc1ccccc1C(=O)N[C@@H](C)CN1CCC[C@H](C)C1. The van der Waals surface area contributed by atoms with Crippen LogP contribution in [0.5, 0.6) is 0 Å².